The first-order valence-electron chi connectivity index (χ1n) is 8.74. The molecule has 2 N–H and O–H groups in total. The van der Waals surface area contributed by atoms with Gasteiger partial charge < -0.3 is 15.0 Å². The zero-order valence-electron chi connectivity index (χ0n) is 14.0. The number of rotatable bonds is 4. The summed E-state index contributed by atoms with van der Waals surface area (Å²) in [6, 6.07) is 5.80. The van der Waals surface area contributed by atoms with Gasteiger partial charge in [0.25, 0.3) is 0 Å². The predicted molar refractivity (Wildman–Crippen MR) is 91.3 cm³/mol. The molecule has 4 rings (SSSR count). The van der Waals surface area contributed by atoms with Crippen molar-refractivity contribution >= 4 is 15.9 Å². The summed E-state index contributed by atoms with van der Waals surface area (Å²) in [4.78, 5) is 14.4. The summed E-state index contributed by atoms with van der Waals surface area (Å²) in [5, 5.41) is 3.52. The zero-order chi connectivity index (χ0) is 17.4. The van der Waals surface area contributed by atoms with Crippen molar-refractivity contribution in [2.24, 2.45) is 0 Å². The van der Waals surface area contributed by atoms with Crippen molar-refractivity contribution in [3.05, 3.63) is 29.3 Å². The third kappa shape index (κ3) is 3.57. The Balaban J connectivity index is 1.39. The first-order valence-corrected chi connectivity index (χ1v) is 10.2. The van der Waals surface area contributed by atoms with E-state index in [-0.39, 0.29) is 17.3 Å². The fourth-order valence-electron chi connectivity index (χ4n) is 3.84. The van der Waals surface area contributed by atoms with E-state index >= 15 is 0 Å². The molecule has 2 fully saturated rings. The van der Waals surface area contributed by atoms with E-state index in [0.717, 1.165) is 24.0 Å². The third-order valence-electron chi connectivity index (χ3n) is 5.29. The van der Waals surface area contributed by atoms with Crippen LogP contribution in [0.4, 0.5) is 0 Å². The highest BCUT2D eigenvalue weighted by Crippen LogP contribution is 2.23. The molecule has 136 valence electrons. The lowest BCUT2D eigenvalue weighted by Gasteiger charge is -2.24. The molecule has 8 heteroatoms. The molecule has 7 nitrogen and oxygen atoms in total. The maximum absolute atomic E-state index is 12.5. The number of carbonyl (C=O) groups excluding carboxylic acids is 1. The number of nitrogens with zero attached hydrogens (tertiary/aromatic N) is 1. The summed E-state index contributed by atoms with van der Waals surface area (Å²) in [5.41, 5.74) is 1.91. The van der Waals surface area contributed by atoms with E-state index in [1.54, 1.807) is 23.1 Å². The first-order chi connectivity index (χ1) is 12.0. The lowest BCUT2D eigenvalue weighted by atomic mass is 10.1. The Morgan fingerprint density at radius 3 is 2.88 bits per heavy atom. The smallest absolute Gasteiger partial charge is 0.241 e. The molecule has 2 unspecified atom stereocenters. The number of sulfonamides is 1. The number of hydrogen-bond acceptors (Lipinski definition) is 5. The Kier molecular flexibility index (Phi) is 4.53. The molecule has 0 saturated carbocycles. The molecule has 1 aromatic rings. The van der Waals surface area contributed by atoms with Gasteiger partial charge in [0.1, 0.15) is 0 Å². The van der Waals surface area contributed by atoms with Crippen LogP contribution in [-0.4, -0.2) is 50.9 Å². The number of nitrogens with one attached hydrogen (secondary N) is 2. The molecule has 0 aromatic heterocycles. The summed E-state index contributed by atoms with van der Waals surface area (Å²) in [6.45, 7) is 2.10. The number of likely N-dealkylation sites (tertiary alicyclic amines) is 1. The molecule has 0 aliphatic carbocycles. The van der Waals surface area contributed by atoms with Crippen LogP contribution >= 0.6 is 0 Å². The maximum atomic E-state index is 12.5. The van der Waals surface area contributed by atoms with Crippen molar-refractivity contribution in [1.82, 2.24) is 14.9 Å². The topological polar surface area (TPSA) is 87.7 Å². The van der Waals surface area contributed by atoms with Gasteiger partial charge in [-0.1, -0.05) is 6.07 Å². The second-order valence-electron chi connectivity index (χ2n) is 7.01. The number of ether oxygens (including phenoxy) is 1. The standard InChI is InChI=1S/C17H23N3O4S/c21-17(20-6-5-14-2-3-15(9-20)19-14)8-18-25(22,23)16-4-1-12-10-24-11-13(12)7-16/h1,4,7,14-15,18-19H,2-3,5-6,8-11H2. The highest BCUT2D eigenvalue weighted by Gasteiger charge is 2.31. The average molecular weight is 365 g/mol. The summed E-state index contributed by atoms with van der Waals surface area (Å²) < 4.78 is 32.7. The second kappa shape index (κ2) is 6.68. The number of carbonyl (C=O) groups is 1. The fourth-order valence-corrected chi connectivity index (χ4v) is 4.86. The van der Waals surface area contributed by atoms with Gasteiger partial charge >= 0.3 is 0 Å². The Morgan fingerprint density at radius 1 is 1.20 bits per heavy atom. The van der Waals surface area contributed by atoms with Gasteiger partial charge in [-0.25, -0.2) is 13.1 Å². The quantitative estimate of drug-likeness (QED) is 0.804. The summed E-state index contributed by atoms with van der Waals surface area (Å²) in [6.07, 6.45) is 3.18. The van der Waals surface area contributed by atoms with Gasteiger partial charge in [-0.3, -0.25) is 4.79 Å². The Hall–Kier alpha value is -1.48. The first kappa shape index (κ1) is 17.0. The van der Waals surface area contributed by atoms with Gasteiger partial charge in [-0.2, -0.15) is 0 Å². The predicted octanol–water partition coefficient (Wildman–Crippen LogP) is 0.348. The minimum atomic E-state index is -3.70. The number of hydrogen-bond donors (Lipinski definition) is 2. The number of amides is 1. The molecular weight excluding hydrogens is 342 g/mol. The Labute approximate surface area is 147 Å². The lowest BCUT2D eigenvalue weighted by Crippen LogP contribution is -2.44. The average Bonchev–Trinajstić information content (AvgIpc) is 3.18. The number of benzene rings is 1. The van der Waals surface area contributed by atoms with Crippen LogP contribution in [0.1, 0.15) is 30.4 Å². The van der Waals surface area contributed by atoms with Crippen LogP contribution in [0, 0.1) is 0 Å². The van der Waals surface area contributed by atoms with Crippen molar-refractivity contribution in [1.29, 1.82) is 0 Å². The van der Waals surface area contributed by atoms with E-state index in [1.807, 2.05) is 0 Å². The Morgan fingerprint density at radius 2 is 2.00 bits per heavy atom. The van der Waals surface area contributed by atoms with Crippen LogP contribution in [0.15, 0.2) is 23.1 Å². The molecule has 1 amide bonds. The van der Waals surface area contributed by atoms with Gasteiger partial charge in [0.05, 0.1) is 24.7 Å². The summed E-state index contributed by atoms with van der Waals surface area (Å²) >= 11 is 0. The molecule has 2 bridgehead atoms. The highest BCUT2D eigenvalue weighted by molar-refractivity contribution is 7.89. The molecule has 25 heavy (non-hydrogen) atoms. The minimum absolute atomic E-state index is 0.164. The summed E-state index contributed by atoms with van der Waals surface area (Å²) in [5.74, 6) is -0.164. The molecule has 1 aromatic carbocycles. The van der Waals surface area contributed by atoms with E-state index in [9.17, 15) is 13.2 Å². The second-order valence-corrected chi connectivity index (χ2v) is 8.78. The van der Waals surface area contributed by atoms with E-state index in [4.69, 9.17) is 4.74 Å². The Bertz CT molecular complexity index is 780. The van der Waals surface area contributed by atoms with Crippen LogP contribution in [0.3, 0.4) is 0 Å². The number of fused-ring (bicyclic) bond motifs is 3. The van der Waals surface area contributed by atoms with Gasteiger partial charge in [0, 0.05) is 25.2 Å². The largest absolute Gasteiger partial charge is 0.372 e. The van der Waals surface area contributed by atoms with Crippen molar-refractivity contribution in [2.45, 2.75) is 49.5 Å². The maximum Gasteiger partial charge on any atom is 0.241 e. The van der Waals surface area contributed by atoms with Gasteiger partial charge in [0.2, 0.25) is 15.9 Å². The molecule has 3 aliphatic heterocycles. The molecule has 0 spiro atoms. The van der Waals surface area contributed by atoms with Crippen molar-refractivity contribution in [2.75, 3.05) is 19.6 Å². The van der Waals surface area contributed by atoms with Gasteiger partial charge in [-0.05, 0) is 42.5 Å². The van der Waals surface area contributed by atoms with E-state index in [0.29, 0.717) is 38.4 Å². The minimum Gasteiger partial charge on any atom is -0.372 e. The van der Waals surface area contributed by atoms with Crippen LogP contribution in [-0.2, 0) is 32.8 Å². The fraction of sp³-hybridized carbons (Fsp3) is 0.588. The van der Waals surface area contributed by atoms with E-state index in [1.165, 1.54) is 6.42 Å². The van der Waals surface area contributed by atoms with Crippen molar-refractivity contribution in [3.8, 4) is 0 Å². The molecule has 3 aliphatic rings. The SMILES string of the molecule is O=C(CNS(=O)(=O)c1ccc2c(c1)COC2)N1CCC2CCC(C1)N2. The van der Waals surface area contributed by atoms with Crippen LogP contribution in [0.25, 0.3) is 0 Å². The van der Waals surface area contributed by atoms with E-state index in [2.05, 4.69) is 10.0 Å². The van der Waals surface area contributed by atoms with Crippen molar-refractivity contribution in [3.63, 3.8) is 0 Å². The monoisotopic (exact) mass is 365 g/mol. The third-order valence-corrected chi connectivity index (χ3v) is 6.69. The normalized spacial score (nSPS) is 25.7. The molecule has 2 saturated heterocycles. The molecule has 2 atom stereocenters. The molecule has 0 radical (unpaired) electrons. The summed E-state index contributed by atoms with van der Waals surface area (Å²) in [7, 11) is -3.70. The van der Waals surface area contributed by atoms with Gasteiger partial charge in [-0.15, -0.1) is 0 Å². The lowest BCUT2D eigenvalue weighted by molar-refractivity contribution is -0.130. The highest BCUT2D eigenvalue weighted by atomic mass is 32.2. The zero-order valence-corrected chi connectivity index (χ0v) is 14.8. The van der Waals surface area contributed by atoms with Crippen LogP contribution < -0.4 is 10.0 Å². The van der Waals surface area contributed by atoms with Crippen molar-refractivity contribution < 1.29 is 17.9 Å². The van der Waals surface area contributed by atoms with Crippen LogP contribution in [0.2, 0.25) is 0 Å². The molecular formula is C17H23N3O4S. The van der Waals surface area contributed by atoms with Gasteiger partial charge in [0.15, 0.2) is 0 Å². The molecule has 3 heterocycles. The van der Waals surface area contributed by atoms with Crippen LogP contribution in [0.5, 0.6) is 0 Å². The van der Waals surface area contributed by atoms with E-state index < -0.39 is 10.0 Å².